The van der Waals surface area contributed by atoms with E-state index in [2.05, 4.69) is 15.6 Å². The molecule has 0 atom stereocenters. The van der Waals surface area contributed by atoms with Crippen LogP contribution in [0.15, 0.2) is 48.7 Å². The summed E-state index contributed by atoms with van der Waals surface area (Å²) in [5.41, 5.74) is 9.22. The Morgan fingerprint density at radius 3 is 2.56 bits per heavy atom. The average molecular weight is 496 g/mol. The first kappa shape index (κ1) is 24.9. The fraction of sp³-hybridized carbons (Fsp3) is 0.231. The minimum atomic E-state index is -0.824. The van der Waals surface area contributed by atoms with Crippen LogP contribution in [-0.4, -0.2) is 42.2 Å². The van der Waals surface area contributed by atoms with Crippen molar-refractivity contribution < 1.29 is 23.0 Å². The normalized spacial score (nSPS) is 11.0. The number of amides is 1. The van der Waals surface area contributed by atoms with Gasteiger partial charge in [0.05, 0.1) is 12.2 Å². The SMILES string of the molecule is COCCNc1cccc(OCC(N)=O)c1-c1nc2c(F)cc(F)cn2c1Nc1c(C)cccc1C. The van der Waals surface area contributed by atoms with Crippen LogP contribution in [0.1, 0.15) is 11.1 Å². The molecule has 0 saturated carbocycles. The van der Waals surface area contributed by atoms with E-state index < -0.39 is 17.5 Å². The largest absolute Gasteiger partial charge is 0.483 e. The number of ether oxygens (including phenoxy) is 2. The maximum Gasteiger partial charge on any atom is 0.255 e. The van der Waals surface area contributed by atoms with Crippen molar-refractivity contribution in [2.45, 2.75) is 13.8 Å². The number of nitrogens with zero attached hydrogens (tertiary/aromatic N) is 2. The topological polar surface area (TPSA) is 103 Å². The third kappa shape index (κ3) is 5.08. The van der Waals surface area contributed by atoms with Crippen LogP contribution in [0.2, 0.25) is 0 Å². The first-order valence-corrected chi connectivity index (χ1v) is 11.3. The molecular formula is C26H27F2N5O3. The number of pyridine rings is 1. The lowest BCUT2D eigenvalue weighted by atomic mass is 10.1. The third-order valence-corrected chi connectivity index (χ3v) is 5.62. The van der Waals surface area contributed by atoms with Crippen molar-refractivity contribution in [2.24, 2.45) is 5.73 Å². The van der Waals surface area contributed by atoms with E-state index in [0.717, 1.165) is 29.1 Å². The van der Waals surface area contributed by atoms with Gasteiger partial charge in [0.15, 0.2) is 18.1 Å². The molecule has 0 saturated heterocycles. The zero-order valence-electron chi connectivity index (χ0n) is 20.2. The van der Waals surface area contributed by atoms with E-state index in [-0.39, 0.29) is 12.3 Å². The maximum absolute atomic E-state index is 14.9. The highest BCUT2D eigenvalue weighted by molar-refractivity contribution is 5.91. The molecule has 0 radical (unpaired) electrons. The highest BCUT2D eigenvalue weighted by atomic mass is 19.1. The van der Waals surface area contributed by atoms with E-state index in [4.69, 9.17) is 15.2 Å². The van der Waals surface area contributed by atoms with Crippen molar-refractivity contribution >= 4 is 28.7 Å². The number of anilines is 3. The Balaban J connectivity index is 1.98. The number of aromatic nitrogens is 2. The number of imidazole rings is 1. The van der Waals surface area contributed by atoms with Gasteiger partial charge in [-0.1, -0.05) is 24.3 Å². The fourth-order valence-electron chi connectivity index (χ4n) is 3.98. The molecule has 0 bridgehead atoms. The molecule has 188 valence electrons. The van der Waals surface area contributed by atoms with E-state index >= 15 is 0 Å². The summed E-state index contributed by atoms with van der Waals surface area (Å²) >= 11 is 0. The lowest BCUT2D eigenvalue weighted by Gasteiger charge is -2.18. The van der Waals surface area contributed by atoms with E-state index in [1.807, 2.05) is 32.0 Å². The van der Waals surface area contributed by atoms with E-state index in [0.29, 0.717) is 41.7 Å². The summed E-state index contributed by atoms with van der Waals surface area (Å²) in [4.78, 5) is 16.0. The van der Waals surface area contributed by atoms with Crippen LogP contribution in [0.25, 0.3) is 16.9 Å². The number of para-hydroxylation sites is 1. The second-order valence-corrected chi connectivity index (χ2v) is 8.25. The van der Waals surface area contributed by atoms with Crippen LogP contribution in [-0.2, 0) is 9.53 Å². The average Bonchev–Trinajstić information content (AvgIpc) is 3.18. The van der Waals surface area contributed by atoms with Crippen molar-refractivity contribution in [3.8, 4) is 17.0 Å². The third-order valence-electron chi connectivity index (χ3n) is 5.62. The van der Waals surface area contributed by atoms with Crippen molar-refractivity contribution in [3.63, 3.8) is 0 Å². The molecule has 2 aromatic heterocycles. The molecule has 4 N–H and O–H groups in total. The molecule has 10 heteroatoms. The van der Waals surface area contributed by atoms with Crippen molar-refractivity contribution in [1.29, 1.82) is 0 Å². The number of carbonyl (C=O) groups is 1. The highest BCUT2D eigenvalue weighted by Crippen LogP contribution is 2.42. The van der Waals surface area contributed by atoms with Crippen molar-refractivity contribution in [2.75, 3.05) is 37.5 Å². The van der Waals surface area contributed by atoms with Gasteiger partial charge in [0, 0.05) is 37.3 Å². The summed E-state index contributed by atoms with van der Waals surface area (Å²) in [5, 5.41) is 6.60. The molecular weight excluding hydrogens is 468 g/mol. The summed E-state index contributed by atoms with van der Waals surface area (Å²) in [7, 11) is 1.58. The Morgan fingerprint density at radius 2 is 1.86 bits per heavy atom. The second-order valence-electron chi connectivity index (χ2n) is 8.25. The monoisotopic (exact) mass is 495 g/mol. The molecule has 0 spiro atoms. The Bertz CT molecular complexity index is 1400. The van der Waals surface area contributed by atoms with E-state index in [9.17, 15) is 13.6 Å². The first-order chi connectivity index (χ1) is 17.3. The van der Waals surface area contributed by atoms with E-state index in [1.54, 1.807) is 25.3 Å². The Hall–Kier alpha value is -4.18. The standard InChI is InChI=1S/C26H27F2N5O3/c1-15-6-4-7-16(2)23(15)31-26-24(32-25-18(28)12-17(27)13-33(25)26)22-19(30-10-11-35-3)8-5-9-20(22)36-14-21(29)34/h4-9,12-13,30-31H,10-11,14H2,1-3H3,(H2,29,34). The molecule has 0 unspecified atom stereocenters. The number of fused-ring (bicyclic) bond motifs is 1. The first-order valence-electron chi connectivity index (χ1n) is 11.3. The number of rotatable bonds is 10. The van der Waals surface area contributed by atoms with Gasteiger partial charge < -0.3 is 25.8 Å². The lowest BCUT2D eigenvalue weighted by Crippen LogP contribution is -2.20. The summed E-state index contributed by atoms with van der Waals surface area (Å²) in [6.07, 6.45) is 1.16. The second kappa shape index (κ2) is 10.6. The maximum atomic E-state index is 14.9. The number of halogens is 2. The van der Waals surface area contributed by atoms with Gasteiger partial charge in [0.25, 0.3) is 5.91 Å². The van der Waals surface area contributed by atoms with Crippen LogP contribution in [0.4, 0.5) is 26.0 Å². The van der Waals surface area contributed by atoms with E-state index in [1.165, 1.54) is 4.40 Å². The molecule has 4 aromatic rings. The van der Waals surface area contributed by atoms with Crippen molar-refractivity contribution in [1.82, 2.24) is 9.38 Å². The minimum Gasteiger partial charge on any atom is -0.483 e. The molecule has 0 aliphatic carbocycles. The number of benzene rings is 2. The van der Waals surface area contributed by atoms with Crippen LogP contribution in [0.3, 0.4) is 0 Å². The number of nitrogens with one attached hydrogen (secondary N) is 2. The summed E-state index contributed by atoms with van der Waals surface area (Å²) in [5.74, 6) is -1.62. The lowest BCUT2D eigenvalue weighted by molar-refractivity contribution is -0.119. The Morgan fingerprint density at radius 1 is 1.14 bits per heavy atom. The molecule has 0 aliphatic heterocycles. The Labute approximate surface area is 207 Å². The van der Waals surface area contributed by atoms with Crippen molar-refractivity contribution in [3.05, 3.63) is 71.4 Å². The minimum absolute atomic E-state index is 0.0762. The number of primary amides is 1. The molecule has 2 heterocycles. The molecule has 8 nitrogen and oxygen atoms in total. The molecule has 36 heavy (non-hydrogen) atoms. The quantitative estimate of drug-likeness (QED) is 0.279. The molecule has 0 fully saturated rings. The zero-order chi connectivity index (χ0) is 25.8. The van der Waals surface area contributed by atoms with Gasteiger partial charge in [-0.25, -0.2) is 13.8 Å². The fourth-order valence-corrected chi connectivity index (χ4v) is 3.98. The predicted octanol–water partition coefficient (Wildman–Crippen LogP) is 4.56. The zero-order valence-corrected chi connectivity index (χ0v) is 20.2. The molecule has 2 aromatic carbocycles. The number of aryl methyl sites for hydroxylation is 2. The predicted molar refractivity (Wildman–Crippen MR) is 135 cm³/mol. The number of carbonyl (C=O) groups excluding carboxylic acids is 1. The van der Waals surface area contributed by atoms with Gasteiger partial charge in [0.2, 0.25) is 0 Å². The molecule has 4 rings (SSSR count). The van der Waals surface area contributed by atoms with Gasteiger partial charge >= 0.3 is 0 Å². The number of hydrogen-bond donors (Lipinski definition) is 3. The molecule has 1 amide bonds. The van der Waals surface area contributed by atoms with Crippen LogP contribution in [0, 0.1) is 25.5 Å². The Kier molecular flexibility index (Phi) is 7.35. The number of hydrogen-bond acceptors (Lipinski definition) is 6. The van der Waals surface area contributed by atoms with Gasteiger partial charge in [0.1, 0.15) is 23.1 Å². The van der Waals surface area contributed by atoms with Gasteiger partial charge in [-0.3, -0.25) is 9.20 Å². The summed E-state index contributed by atoms with van der Waals surface area (Å²) < 4.78 is 41.4. The number of methoxy groups -OCH3 is 1. The molecule has 0 aliphatic rings. The van der Waals surface area contributed by atoms with Gasteiger partial charge in [-0.15, -0.1) is 0 Å². The summed E-state index contributed by atoms with van der Waals surface area (Å²) in [6.45, 7) is 4.37. The van der Waals surface area contributed by atoms with Crippen LogP contribution >= 0.6 is 0 Å². The smallest absolute Gasteiger partial charge is 0.255 e. The van der Waals surface area contributed by atoms with Gasteiger partial charge in [-0.05, 0) is 37.1 Å². The summed E-state index contributed by atoms with van der Waals surface area (Å²) in [6, 6.07) is 11.8. The van der Waals surface area contributed by atoms with Crippen LogP contribution < -0.4 is 21.1 Å². The van der Waals surface area contributed by atoms with Crippen LogP contribution in [0.5, 0.6) is 5.75 Å². The highest BCUT2D eigenvalue weighted by Gasteiger charge is 2.24. The van der Waals surface area contributed by atoms with Gasteiger partial charge in [-0.2, -0.15) is 0 Å². The number of nitrogens with two attached hydrogens (primary N) is 1.